The van der Waals surface area contributed by atoms with Gasteiger partial charge in [-0.05, 0) is 48.1 Å². The van der Waals surface area contributed by atoms with Crippen LogP contribution in [0.1, 0.15) is 30.1 Å². The van der Waals surface area contributed by atoms with Crippen LogP contribution in [-0.2, 0) is 11.2 Å². The minimum absolute atomic E-state index is 0.349. The Morgan fingerprint density at radius 3 is 2.73 bits per heavy atom. The molecule has 1 atom stereocenters. The number of halogens is 2. The first-order valence-electron chi connectivity index (χ1n) is 7.09. The van der Waals surface area contributed by atoms with Crippen molar-refractivity contribution >= 4 is 6.09 Å². The third-order valence-electron chi connectivity index (χ3n) is 3.90. The van der Waals surface area contributed by atoms with Gasteiger partial charge in [0.25, 0.3) is 0 Å². The zero-order valence-corrected chi connectivity index (χ0v) is 11.8. The predicted octanol–water partition coefficient (Wildman–Crippen LogP) is 4.10. The number of hydrogen-bond acceptors (Lipinski definition) is 2. The van der Waals surface area contributed by atoms with Crippen molar-refractivity contribution in [1.29, 1.82) is 0 Å². The van der Waals surface area contributed by atoms with Crippen molar-refractivity contribution in [2.45, 2.75) is 25.4 Å². The second-order valence-corrected chi connectivity index (χ2v) is 5.36. The van der Waals surface area contributed by atoms with Crippen LogP contribution in [0.5, 0.6) is 0 Å². The number of aryl methyl sites for hydroxylation is 1. The van der Waals surface area contributed by atoms with Crippen molar-refractivity contribution < 1.29 is 18.3 Å². The van der Waals surface area contributed by atoms with E-state index < -0.39 is 17.7 Å². The number of nitrogens with two attached hydrogens (primary N) is 1. The molecule has 3 rings (SSSR count). The molecule has 2 N–H and O–H groups in total. The first kappa shape index (κ1) is 14.5. The second-order valence-electron chi connectivity index (χ2n) is 5.36. The predicted molar refractivity (Wildman–Crippen MR) is 78.1 cm³/mol. The first-order chi connectivity index (χ1) is 10.5. The monoisotopic (exact) mass is 303 g/mol. The molecule has 5 heteroatoms. The maximum atomic E-state index is 13.9. The maximum Gasteiger partial charge on any atom is 0.405 e. The summed E-state index contributed by atoms with van der Waals surface area (Å²) < 4.78 is 32.0. The van der Waals surface area contributed by atoms with Crippen molar-refractivity contribution in [2.24, 2.45) is 5.73 Å². The van der Waals surface area contributed by atoms with Gasteiger partial charge < -0.3 is 10.5 Å². The Kier molecular flexibility index (Phi) is 3.79. The molecule has 0 aliphatic heterocycles. The first-order valence-corrected chi connectivity index (χ1v) is 7.09. The van der Waals surface area contributed by atoms with Crippen LogP contribution in [0.4, 0.5) is 13.6 Å². The van der Waals surface area contributed by atoms with Crippen LogP contribution in [0.3, 0.4) is 0 Å². The van der Waals surface area contributed by atoms with Crippen molar-refractivity contribution in [3.05, 3.63) is 59.2 Å². The lowest BCUT2D eigenvalue weighted by Crippen LogP contribution is -2.20. The lowest BCUT2D eigenvalue weighted by atomic mass is 9.87. The zero-order valence-electron chi connectivity index (χ0n) is 11.8. The van der Waals surface area contributed by atoms with Crippen LogP contribution in [0, 0.1) is 11.6 Å². The van der Waals surface area contributed by atoms with Gasteiger partial charge >= 0.3 is 6.09 Å². The molecule has 0 bridgehead atoms. The van der Waals surface area contributed by atoms with Gasteiger partial charge in [0.05, 0.1) is 0 Å². The number of primary amides is 1. The number of rotatable bonds is 2. The summed E-state index contributed by atoms with van der Waals surface area (Å²) >= 11 is 0. The van der Waals surface area contributed by atoms with E-state index in [1.165, 1.54) is 12.1 Å². The van der Waals surface area contributed by atoms with Gasteiger partial charge in [-0.15, -0.1) is 0 Å². The fraction of sp³-hybridized carbons (Fsp3) is 0.235. The smallest absolute Gasteiger partial charge is 0.405 e. The Balaban J connectivity index is 1.98. The highest BCUT2D eigenvalue weighted by molar-refractivity contribution is 5.67. The molecule has 0 spiro atoms. The molecule has 0 fully saturated rings. The van der Waals surface area contributed by atoms with Gasteiger partial charge in [0.2, 0.25) is 0 Å². The van der Waals surface area contributed by atoms with Crippen molar-refractivity contribution in [1.82, 2.24) is 0 Å². The third kappa shape index (κ3) is 2.79. The van der Waals surface area contributed by atoms with Gasteiger partial charge in [0.15, 0.2) is 0 Å². The summed E-state index contributed by atoms with van der Waals surface area (Å²) in [5, 5.41) is 0. The molecule has 0 saturated heterocycles. The van der Waals surface area contributed by atoms with E-state index in [4.69, 9.17) is 10.5 Å². The number of carbonyl (C=O) groups excluding carboxylic acids is 1. The summed E-state index contributed by atoms with van der Waals surface area (Å²) in [6, 6.07) is 8.96. The molecule has 0 aromatic heterocycles. The molecular formula is C17H15F2NO2. The fourth-order valence-corrected chi connectivity index (χ4v) is 2.92. The average molecular weight is 303 g/mol. The summed E-state index contributed by atoms with van der Waals surface area (Å²) in [5.74, 6) is -1.20. The van der Waals surface area contributed by atoms with Crippen LogP contribution < -0.4 is 5.73 Å². The topological polar surface area (TPSA) is 52.3 Å². The Bertz CT molecular complexity index is 731. The molecule has 1 aliphatic carbocycles. The van der Waals surface area contributed by atoms with E-state index in [0.717, 1.165) is 36.5 Å². The molecule has 1 aliphatic rings. The third-order valence-corrected chi connectivity index (χ3v) is 3.90. The molecule has 114 valence electrons. The van der Waals surface area contributed by atoms with Gasteiger partial charge in [0, 0.05) is 11.6 Å². The lowest BCUT2D eigenvalue weighted by Gasteiger charge is -2.25. The van der Waals surface area contributed by atoms with Crippen molar-refractivity contribution in [3.8, 4) is 11.1 Å². The Hall–Kier alpha value is -2.43. The van der Waals surface area contributed by atoms with Gasteiger partial charge in [0.1, 0.15) is 17.7 Å². The summed E-state index contributed by atoms with van der Waals surface area (Å²) in [4.78, 5) is 11.0. The minimum atomic E-state index is -0.800. The Morgan fingerprint density at radius 2 is 2.00 bits per heavy atom. The molecule has 0 radical (unpaired) electrons. The SMILES string of the molecule is NC(=O)OC1CCCc2cc(-c3ccc(F)cc3F)ccc21. The fourth-order valence-electron chi connectivity index (χ4n) is 2.92. The van der Waals surface area contributed by atoms with Crippen molar-refractivity contribution in [3.63, 3.8) is 0 Å². The van der Waals surface area contributed by atoms with Crippen LogP contribution in [0.25, 0.3) is 11.1 Å². The van der Waals surface area contributed by atoms with Gasteiger partial charge in [-0.3, -0.25) is 0 Å². The number of ether oxygens (including phenoxy) is 1. The molecule has 1 amide bonds. The largest absolute Gasteiger partial charge is 0.442 e. The molecule has 22 heavy (non-hydrogen) atoms. The molecule has 3 nitrogen and oxygen atoms in total. The van der Waals surface area contributed by atoms with E-state index in [0.29, 0.717) is 11.1 Å². The minimum Gasteiger partial charge on any atom is -0.442 e. The van der Waals surface area contributed by atoms with E-state index in [1.807, 2.05) is 12.1 Å². The Labute approximate surface area is 126 Å². The average Bonchev–Trinajstić information content (AvgIpc) is 2.46. The van der Waals surface area contributed by atoms with Crippen molar-refractivity contribution in [2.75, 3.05) is 0 Å². The van der Waals surface area contributed by atoms with Gasteiger partial charge in [-0.1, -0.05) is 18.2 Å². The summed E-state index contributed by atoms with van der Waals surface area (Å²) in [6.45, 7) is 0. The number of fused-ring (bicyclic) bond motifs is 1. The molecule has 0 heterocycles. The van der Waals surface area contributed by atoms with Crippen LogP contribution in [0.15, 0.2) is 36.4 Å². The summed E-state index contributed by atoms with van der Waals surface area (Å²) in [6.07, 6.45) is 1.25. The highest BCUT2D eigenvalue weighted by atomic mass is 19.1. The summed E-state index contributed by atoms with van der Waals surface area (Å²) in [7, 11) is 0. The van der Waals surface area contributed by atoms with E-state index in [-0.39, 0.29) is 6.10 Å². The van der Waals surface area contributed by atoms with Crippen LogP contribution >= 0.6 is 0 Å². The number of hydrogen-bond donors (Lipinski definition) is 1. The van der Waals surface area contributed by atoms with E-state index in [9.17, 15) is 13.6 Å². The highest BCUT2D eigenvalue weighted by Gasteiger charge is 2.23. The molecule has 0 saturated carbocycles. The molecule has 2 aromatic rings. The molecular weight excluding hydrogens is 288 g/mol. The molecule has 2 aromatic carbocycles. The zero-order chi connectivity index (χ0) is 15.7. The second kappa shape index (κ2) is 5.75. The number of carbonyl (C=O) groups is 1. The normalized spacial score (nSPS) is 16.9. The quantitative estimate of drug-likeness (QED) is 0.908. The number of amides is 1. The standard InChI is InChI=1S/C17H15F2NO2/c18-12-5-7-13(15(19)9-12)11-4-6-14-10(8-11)2-1-3-16(14)22-17(20)21/h4-9,16H,1-3H2,(H2,20,21). The van der Waals surface area contributed by atoms with Crippen LogP contribution in [-0.4, -0.2) is 6.09 Å². The highest BCUT2D eigenvalue weighted by Crippen LogP contribution is 2.35. The van der Waals surface area contributed by atoms with E-state index in [2.05, 4.69) is 0 Å². The van der Waals surface area contributed by atoms with E-state index in [1.54, 1.807) is 6.07 Å². The number of benzene rings is 2. The molecule has 1 unspecified atom stereocenters. The Morgan fingerprint density at radius 1 is 1.18 bits per heavy atom. The van der Waals surface area contributed by atoms with Gasteiger partial charge in [-0.2, -0.15) is 0 Å². The maximum absolute atomic E-state index is 13.9. The van der Waals surface area contributed by atoms with E-state index >= 15 is 0 Å². The van der Waals surface area contributed by atoms with Gasteiger partial charge in [-0.25, -0.2) is 13.6 Å². The lowest BCUT2D eigenvalue weighted by molar-refractivity contribution is 0.0959. The summed E-state index contributed by atoms with van der Waals surface area (Å²) in [5.41, 5.74) is 8.01. The van der Waals surface area contributed by atoms with Crippen LogP contribution in [0.2, 0.25) is 0 Å².